The monoisotopic (exact) mass is 279 g/mol. The third-order valence-corrected chi connectivity index (χ3v) is 3.40. The molecule has 2 aromatic rings. The first-order valence-electron chi connectivity index (χ1n) is 5.64. The number of H-pyrrole nitrogens is 1. The van der Waals surface area contributed by atoms with Crippen molar-refractivity contribution in [2.24, 2.45) is 0 Å². The molecule has 6 heteroatoms. The van der Waals surface area contributed by atoms with Crippen molar-refractivity contribution in [1.82, 2.24) is 9.97 Å². The lowest BCUT2D eigenvalue weighted by molar-refractivity contribution is -0.145. The molecule has 0 bridgehead atoms. The van der Waals surface area contributed by atoms with E-state index in [-0.39, 0.29) is 5.95 Å². The number of hydrogen-bond acceptors (Lipinski definition) is 4. The number of nitrogens with two attached hydrogens (primary N) is 1. The molecular formula is C13H14ClN3O2. The van der Waals surface area contributed by atoms with Gasteiger partial charge in [0.15, 0.2) is 5.95 Å². The number of hydrogen-bond donors (Lipinski definition) is 2. The Morgan fingerprint density at radius 1 is 1.42 bits per heavy atom. The number of nitrogens with one attached hydrogen (secondary N) is 1. The first-order valence-corrected chi connectivity index (χ1v) is 6.01. The standard InChI is InChI=1S/C13H14ClN3O2/c1-13(11(18)19-2,10-7-16-12(15)17-10)8-3-5-9(14)6-4-8/h3-7H,1-2H3,(H3,15,16,17). The Balaban J connectivity index is 2.58. The van der Waals surface area contributed by atoms with Gasteiger partial charge in [-0.25, -0.2) is 4.98 Å². The van der Waals surface area contributed by atoms with Crippen LogP contribution in [0.25, 0.3) is 0 Å². The van der Waals surface area contributed by atoms with Crippen molar-refractivity contribution in [3.05, 3.63) is 46.7 Å². The maximum absolute atomic E-state index is 12.2. The topological polar surface area (TPSA) is 81.0 Å². The maximum Gasteiger partial charge on any atom is 0.322 e. The zero-order chi connectivity index (χ0) is 14.0. The van der Waals surface area contributed by atoms with Gasteiger partial charge in [-0.3, -0.25) is 4.79 Å². The van der Waals surface area contributed by atoms with Gasteiger partial charge in [0.1, 0.15) is 5.41 Å². The van der Waals surface area contributed by atoms with Crippen LogP contribution in [0.5, 0.6) is 0 Å². The fourth-order valence-electron chi connectivity index (χ4n) is 1.96. The van der Waals surface area contributed by atoms with Crippen LogP contribution in [-0.2, 0) is 14.9 Å². The Hall–Kier alpha value is -2.01. The van der Waals surface area contributed by atoms with E-state index >= 15 is 0 Å². The number of carbonyl (C=O) groups is 1. The Morgan fingerprint density at radius 2 is 2.05 bits per heavy atom. The van der Waals surface area contributed by atoms with Crippen LogP contribution in [0.3, 0.4) is 0 Å². The summed E-state index contributed by atoms with van der Waals surface area (Å²) in [6.45, 7) is 1.75. The summed E-state index contributed by atoms with van der Waals surface area (Å²) in [6.07, 6.45) is 1.53. The second-order valence-electron chi connectivity index (χ2n) is 4.31. The van der Waals surface area contributed by atoms with Crippen molar-refractivity contribution in [3.8, 4) is 0 Å². The number of imidazole rings is 1. The summed E-state index contributed by atoms with van der Waals surface area (Å²) in [5, 5.41) is 0.597. The summed E-state index contributed by atoms with van der Waals surface area (Å²) < 4.78 is 4.90. The van der Waals surface area contributed by atoms with E-state index in [1.165, 1.54) is 13.3 Å². The van der Waals surface area contributed by atoms with Crippen LogP contribution in [0.15, 0.2) is 30.5 Å². The van der Waals surface area contributed by atoms with Gasteiger partial charge in [-0.1, -0.05) is 23.7 Å². The van der Waals surface area contributed by atoms with E-state index < -0.39 is 11.4 Å². The molecule has 0 aliphatic rings. The molecule has 0 radical (unpaired) electrons. The molecule has 1 aromatic carbocycles. The van der Waals surface area contributed by atoms with Crippen LogP contribution in [0.4, 0.5) is 5.95 Å². The quantitative estimate of drug-likeness (QED) is 0.843. The zero-order valence-electron chi connectivity index (χ0n) is 10.6. The number of halogens is 1. The molecule has 1 aromatic heterocycles. The zero-order valence-corrected chi connectivity index (χ0v) is 11.4. The first kappa shape index (κ1) is 13.4. The second-order valence-corrected chi connectivity index (χ2v) is 4.74. The number of anilines is 1. The van der Waals surface area contributed by atoms with E-state index in [1.54, 1.807) is 31.2 Å². The number of ether oxygens (including phenoxy) is 1. The average molecular weight is 280 g/mol. The third-order valence-electron chi connectivity index (χ3n) is 3.15. The highest BCUT2D eigenvalue weighted by molar-refractivity contribution is 6.30. The van der Waals surface area contributed by atoms with Crippen LogP contribution in [-0.4, -0.2) is 23.0 Å². The highest BCUT2D eigenvalue weighted by atomic mass is 35.5. The van der Waals surface area contributed by atoms with Gasteiger partial charge in [0, 0.05) is 5.02 Å². The molecule has 5 nitrogen and oxygen atoms in total. The molecule has 0 spiro atoms. The van der Waals surface area contributed by atoms with Crippen LogP contribution < -0.4 is 5.73 Å². The van der Waals surface area contributed by atoms with E-state index in [0.717, 1.165) is 5.56 Å². The summed E-state index contributed by atoms with van der Waals surface area (Å²) >= 11 is 5.87. The van der Waals surface area contributed by atoms with Crippen molar-refractivity contribution in [2.75, 3.05) is 12.8 Å². The van der Waals surface area contributed by atoms with E-state index in [2.05, 4.69) is 9.97 Å². The number of aromatic nitrogens is 2. The molecule has 0 aliphatic carbocycles. The number of aromatic amines is 1. The minimum Gasteiger partial charge on any atom is -0.468 e. The van der Waals surface area contributed by atoms with Gasteiger partial charge in [-0.2, -0.15) is 0 Å². The molecule has 1 atom stereocenters. The summed E-state index contributed by atoms with van der Waals surface area (Å²) in [5.74, 6) is -0.155. The molecule has 0 saturated carbocycles. The van der Waals surface area contributed by atoms with E-state index in [0.29, 0.717) is 10.7 Å². The lowest BCUT2D eigenvalue weighted by Crippen LogP contribution is -2.35. The number of nitrogen functional groups attached to an aromatic ring is 1. The average Bonchev–Trinajstić information content (AvgIpc) is 2.84. The molecule has 1 heterocycles. The van der Waals surface area contributed by atoms with Gasteiger partial charge < -0.3 is 15.5 Å². The molecule has 0 amide bonds. The number of rotatable bonds is 3. The van der Waals surface area contributed by atoms with Gasteiger partial charge in [-0.15, -0.1) is 0 Å². The number of esters is 1. The van der Waals surface area contributed by atoms with E-state index in [1.807, 2.05) is 0 Å². The molecule has 3 N–H and O–H groups in total. The fraction of sp³-hybridized carbons (Fsp3) is 0.231. The van der Waals surface area contributed by atoms with Crippen molar-refractivity contribution in [1.29, 1.82) is 0 Å². The van der Waals surface area contributed by atoms with Crippen LogP contribution in [0, 0.1) is 0 Å². The molecule has 2 rings (SSSR count). The summed E-state index contributed by atoms with van der Waals surface area (Å²) in [5.41, 5.74) is 5.88. The molecule has 0 aliphatic heterocycles. The van der Waals surface area contributed by atoms with Gasteiger partial charge >= 0.3 is 5.97 Å². The lowest BCUT2D eigenvalue weighted by Gasteiger charge is -2.25. The van der Waals surface area contributed by atoms with Crippen molar-refractivity contribution in [3.63, 3.8) is 0 Å². The summed E-state index contributed by atoms with van der Waals surface area (Å²) in [7, 11) is 1.34. The molecule has 19 heavy (non-hydrogen) atoms. The molecule has 0 fully saturated rings. The minimum atomic E-state index is -1.01. The van der Waals surface area contributed by atoms with Gasteiger partial charge in [-0.05, 0) is 24.6 Å². The third kappa shape index (κ3) is 2.29. The number of methoxy groups -OCH3 is 1. The number of benzene rings is 1. The number of nitrogens with zero attached hydrogens (tertiary/aromatic N) is 1. The molecule has 0 saturated heterocycles. The predicted octanol–water partition coefficient (Wildman–Crippen LogP) is 2.12. The Labute approximate surface area is 115 Å². The summed E-state index contributed by atoms with van der Waals surface area (Å²) in [4.78, 5) is 19.0. The first-order chi connectivity index (χ1) is 8.98. The Morgan fingerprint density at radius 3 is 2.53 bits per heavy atom. The van der Waals surface area contributed by atoms with Crippen LogP contribution >= 0.6 is 11.6 Å². The fourth-order valence-corrected chi connectivity index (χ4v) is 2.09. The SMILES string of the molecule is COC(=O)C(C)(c1ccc(Cl)cc1)c1cnc(N)[nH]1. The number of carbonyl (C=O) groups excluding carboxylic acids is 1. The Bertz CT molecular complexity index is 594. The molecule has 1 unspecified atom stereocenters. The lowest BCUT2D eigenvalue weighted by atomic mass is 9.80. The largest absolute Gasteiger partial charge is 0.468 e. The highest BCUT2D eigenvalue weighted by Gasteiger charge is 2.40. The van der Waals surface area contributed by atoms with Gasteiger partial charge in [0.05, 0.1) is 19.0 Å². The van der Waals surface area contributed by atoms with Gasteiger partial charge in [0.2, 0.25) is 0 Å². The molecule has 100 valence electrons. The highest BCUT2D eigenvalue weighted by Crippen LogP contribution is 2.33. The predicted molar refractivity (Wildman–Crippen MR) is 72.9 cm³/mol. The normalized spacial score (nSPS) is 13.8. The van der Waals surface area contributed by atoms with E-state index in [9.17, 15) is 4.79 Å². The van der Waals surface area contributed by atoms with Crippen molar-refractivity contribution >= 4 is 23.5 Å². The van der Waals surface area contributed by atoms with Crippen LogP contribution in [0.2, 0.25) is 5.02 Å². The smallest absolute Gasteiger partial charge is 0.322 e. The second kappa shape index (κ2) is 4.93. The van der Waals surface area contributed by atoms with E-state index in [4.69, 9.17) is 22.1 Å². The van der Waals surface area contributed by atoms with Crippen molar-refractivity contribution < 1.29 is 9.53 Å². The summed E-state index contributed by atoms with van der Waals surface area (Å²) in [6, 6.07) is 6.99. The van der Waals surface area contributed by atoms with Gasteiger partial charge in [0.25, 0.3) is 0 Å². The minimum absolute atomic E-state index is 0.249. The Kier molecular flexibility index (Phi) is 3.48. The van der Waals surface area contributed by atoms with Crippen LogP contribution in [0.1, 0.15) is 18.2 Å². The van der Waals surface area contributed by atoms with Crippen molar-refractivity contribution in [2.45, 2.75) is 12.3 Å². The maximum atomic E-state index is 12.2. The molecular weight excluding hydrogens is 266 g/mol.